The summed E-state index contributed by atoms with van der Waals surface area (Å²) < 4.78 is 4.84. The molecule has 0 aromatic heterocycles. The van der Waals surface area contributed by atoms with Gasteiger partial charge in [-0.25, -0.2) is 16.9 Å². The summed E-state index contributed by atoms with van der Waals surface area (Å²) in [4.78, 5) is 14.2. The summed E-state index contributed by atoms with van der Waals surface area (Å²) in [5, 5.41) is 15.0. The first-order chi connectivity index (χ1) is 15.6. The number of allylic oxidation sites excluding steroid dienone is 5. The molecule has 0 aliphatic heterocycles. The molecule has 0 amide bonds. The van der Waals surface area contributed by atoms with Crippen LogP contribution in [0.2, 0.25) is 0 Å². The van der Waals surface area contributed by atoms with Crippen LogP contribution in [-0.4, -0.2) is 44.0 Å². The molecule has 0 fully saturated rings. The molecule has 2 aromatic rings. The Bertz CT molecular complexity index is 860. The molecule has 1 aliphatic rings. The molecule has 1 atom stereocenters. The Morgan fingerprint density at radius 3 is 2.12 bits per heavy atom. The standard InChI is InChI=1S/C20H24Cl2N2O3.C5H5.Fe/c1-27-20(26)18(23-19(25)16-4-2-3-5-16)14-15-6-8-17(9-7-15)24(12-10-21)13-11-22;1-2-4-5-3-1;/h2-9,18,23,25H,10-14H2,1H3;1-5H;/q;-1;+2/p-1. The van der Waals surface area contributed by atoms with E-state index >= 15 is 0 Å². The second kappa shape index (κ2) is 16.4. The SMILES string of the molecule is COC(=O)C(Cc1ccc(N(CCCl)CCCl)cc1)NC([O-])=C1C=CC=C1.[Fe+2].c1cc[cH-]c1. The van der Waals surface area contributed by atoms with Gasteiger partial charge >= 0.3 is 23.0 Å². The Balaban J connectivity index is 0.000000799. The molecule has 3 rings (SSSR count). The Hall–Kier alpha value is -2.24. The van der Waals surface area contributed by atoms with E-state index in [1.165, 1.54) is 7.11 Å². The third kappa shape index (κ3) is 10.1. The molecule has 1 aliphatic carbocycles. The molecular formula is C25H28Cl2FeN2O3. The van der Waals surface area contributed by atoms with Crippen molar-refractivity contribution in [2.45, 2.75) is 12.5 Å². The minimum atomic E-state index is -0.759. The third-order valence-electron chi connectivity index (χ3n) is 4.72. The van der Waals surface area contributed by atoms with Crippen LogP contribution in [0.3, 0.4) is 0 Å². The zero-order chi connectivity index (χ0) is 23.2. The van der Waals surface area contributed by atoms with Crippen molar-refractivity contribution in [3.63, 3.8) is 0 Å². The first-order valence-electron chi connectivity index (χ1n) is 10.3. The molecule has 33 heavy (non-hydrogen) atoms. The fraction of sp³-hybridized carbons (Fsp3) is 0.280. The summed E-state index contributed by atoms with van der Waals surface area (Å²) in [5.41, 5.74) is 2.43. The van der Waals surface area contributed by atoms with Gasteiger partial charge in [0.2, 0.25) is 0 Å². The van der Waals surface area contributed by atoms with Crippen LogP contribution in [0.4, 0.5) is 5.69 Å². The summed E-state index contributed by atoms with van der Waals surface area (Å²) in [6.07, 6.45) is 7.27. The monoisotopic (exact) mass is 530 g/mol. The van der Waals surface area contributed by atoms with Gasteiger partial charge in [0.25, 0.3) is 0 Å². The molecule has 0 spiro atoms. The number of esters is 1. The van der Waals surface area contributed by atoms with Crippen molar-refractivity contribution in [2.24, 2.45) is 0 Å². The molecule has 5 nitrogen and oxygen atoms in total. The van der Waals surface area contributed by atoms with Gasteiger partial charge in [0.15, 0.2) is 0 Å². The van der Waals surface area contributed by atoms with E-state index in [0.29, 0.717) is 36.8 Å². The van der Waals surface area contributed by atoms with Crippen LogP contribution in [0.1, 0.15) is 5.56 Å². The van der Waals surface area contributed by atoms with Crippen molar-refractivity contribution in [1.82, 2.24) is 5.32 Å². The van der Waals surface area contributed by atoms with Gasteiger partial charge in [-0.1, -0.05) is 36.4 Å². The number of rotatable bonds is 10. The molecule has 1 N–H and O–H groups in total. The molecule has 8 heteroatoms. The van der Waals surface area contributed by atoms with Crippen molar-refractivity contribution >= 4 is 34.9 Å². The van der Waals surface area contributed by atoms with Crippen LogP contribution < -0.4 is 15.3 Å². The van der Waals surface area contributed by atoms with E-state index in [2.05, 4.69) is 10.2 Å². The van der Waals surface area contributed by atoms with Crippen molar-refractivity contribution < 1.29 is 31.7 Å². The number of nitrogens with zero attached hydrogens (tertiary/aromatic N) is 1. The van der Waals surface area contributed by atoms with Crippen molar-refractivity contribution in [3.8, 4) is 0 Å². The summed E-state index contributed by atoms with van der Waals surface area (Å²) in [6, 6.07) is 17.0. The van der Waals surface area contributed by atoms with Crippen molar-refractivity contribution in [1.29, 1.82) is 0 Å². The van der Waals surface area contributed by atoms with Gasteiger partial charge in [-0.05, 0) is 29.2 Å². The van der Waals surface area contributed by atoms with Crippen LogP contribution in [0.15, 0.2) is 90.4 Å². The van der Waals surface area contributed by atoms with E-state index in [-0.39, 0.29) is 23.0 Å². The van der Waals surface area contributed by atoms with Gasteiger partial charge in [-0.3, -0.25) is 0 Å². The maximum absolute atomic E-state index is 12.3. The number of carbonyl (C=O) groups excluding carboxylic acids is 1. The fourth-order valence-electron chi connectivity index (χ4n) is 3.08. The van der Waals surface area contributed by atoms with E-state index in [9.17, 15) is 9.90 Å². The van der Waals surface area contributed by atoms with E-state index in [1.54, 1.807) is 24.3 Å². The van der Waals surface area contributed by atoms with Gasteiger partial charge in [-0.15, -0.1) is 23.2 Å². The average molecular weight is 531 g/mol. The predicted molar refractivity (Wildman–Crippen MR) is 130 cm³/mol. The molecule has 0 radical (unpaired) electrons. The molecule has 178 valence electrons. The largest absolute Gasteiger partial charge is 2.00 e. The Labute approximate surface area is 216 Å². The Morgan fingerprint density at radius 1 is 1.09 bits per heavy atom. The Kier molecular flexibility index (Phi) is 14.3. The maximum Gasteiger partial charge on any atom is 2.00 e. The second-order valence-electron chi connectivity index (χ2n) is 6.92. The predicted octanol–water partition coefficient (Wildman–Crippen LogP) is 3.75. The first kappa shape index (κ1) is 28.8. The van der Waals surface area contributed by atoms with Crippen LogP contribution in [0.5, 0.6) is 0 Å². The van der Waals surface area contributed by atoms with Crippen LogP contribution in [-0.2, 0) is 33.0 Å². The van der Waals surface area contributed by atoms with E-state index in [0.717, 1.165) is 11.3 Å². The third-order valence-corrected chi connectivity index (χ3v) is 5.06. The van der Waals surface area contributed by atoms with Gasteiger partial charge < -0.3 is 20.1 Å². The number of nitrogens with one attached hydrogen (secondary N) is 1. The van der Waals surface area contributed by atoms with Gasteiger partial charge in [-0.2, -0.15) is 18.2 Å². The van der Waals surface area contributed by atoms with Crippen LogP contribution in [0.25, 0.3) is 0 Å². The molecule has 0 bridgehead atoms. The minimum Gasteiger partial charge on any atom is -0.860 e. The number of hydrogen-bond acceptors (Lipinski definition) is 5. The van der Waals surface area contributed by atoms with Crippen LogP contribution in [0, 0.1) is 0 Å². The number of benzene rings is 1. The normalized spacial score (nSPS) is 12.3. The molecule has 0 saturated carbocycles. The Morgan fingerprint density at radius 2 is 1.67 bits per heavy atom. The van der Waals surface area contributed by atoms with Gasteiger partial charge in [0, 0.05) is 37.0 Å². The summed E-state index contributed by atoms with van der Waals surface area (Å²) >= 11 is 11.7. The molecule has 0 saturated heterocycles. The number of halogens is 2. The smallest absolute Gasteiger partial charge is 0.860 e. The number of methoxy groups -OCH3 is 1. The summed E-state index contributed by atoms with van der Waals surface area (Å²) in [5.74, 6) is 0.237. The van der Waals surface area contributed by atoms with E-state index in [1.807, 2.05) is 54.6 Å². The first-order valence-corrected chi connectivity index (χ1v) is 11.4. The number of alkyl halides is 2. The summed E-state index contributed by atoms with van der Waals surface area (Å²) in [6.45, 7) is 1.40. The van der Waals surface area contributed by atoms with E-state index in [4.69, 9.17) is 27.9 Å². The number of carbonyl (C=O) groups is 1. The molecular weight excluding hydrogens is 503 g/mol. The number of ether oxygens (including phenoxy) is 1. The van der Waals surface area contributed by atoms with Crippen molar-refractivity contribution in [2.75, 3.05) is 36.9 Å². The van der Waals surface area contributed by atoms with Crippen LogP contribution >= 0.6 is 23.2 Å². The molecule has 2 aromatic carbocycles. The molecule has 0 heterocycles. The van der Waals surface area contributed by atoms with Gasteiger partial charge in [0.05, 0.1) is 7.11 Å². The maximum atomic E-state index is 12.3. The zero-order valence-electron chi connectivity index (χ0n) is 18.4. The van der Waals surface area contributed by atoms with E-state index < -0.39 is 12.0 Å². The van der Waals surface area contributed by atoms with Crippen molar-refractivity contribution in [3.05, 3.63) is 95.9 Å². The summed E-state index contributed by atoms with van der Waals surface area (Å²) in [7, 11) is 1.31. The number of hydrogen-bond donors (Lipinski definition) is 1. The molecule has 1 unspecified atom stereocenters. The second-order valence-corrected chi connectivity index (χ2v) is 7.68. The van der Waals surface area contributed by atoms with Gasteiger partial charge in [0.1, 0.15) is 6.04 Å². The average Bonchev–Trinajstić information content (AvgIpc) is 3.55. The quantitative estimate of drug-likeness (QED) is 0.167. The fourth-order valence-corrected chi connectivity index (χ4v) is 3.48. The number of anilines is 1. The minimum absolute atomic E-state index is 0. The zero-order valence-corrected chi connectivity index (χ0v) is 21.0. The topological polar surface area (TPSA) is 64.6 Å².